The van der Waals surface area contributed by atoms with Crippen LogP contribution in [0.1, 0.15) is 34.3 Å². The fraction of sp³-hybridized carbons (Fsp3) is 0.400. The van der Waals surface area contributed by atoms with Crippen molar-refractivity contribution in [3.05, 3.63) is 59.3 Å². The second kappa shape index (κ2) is 8.12. The van der Waals surface area contributed by atoms with Crippen LogP contribution in [0.15, 0.2) is 42.6 Å². The second-order valence-electron chi connectivity index (χ2n) is 6.56. The van der Waals surface area contributed by atoms with Crippen molar-refractivity contribution in [1.29, 1.82) is 0 Å². The first-order valence-corrected chi connectivity index (χ1v) is 8.69. The van der Waals surface area contributed by atoms with Gasteiger partial charge in [-0.3, -0.25) is 4.90 Å². The summed E-state index contributed by atoms with van der Waals surface area (Å²) in [6.07, 6.45) is 4.74. The molecule has 0 aliphatic carbocycles. The summed E-state index contributed by atoms with van der Waals surface area (Å²) >= 11 is 0. The lowest BCUT2D eigenvalue weighted by Crippen LogP contribution is -2.34. The first-order chi connectivity index (χ1) is 12.2. The van der Waals surface area contributed by atoms with Crippen LogP contribution in [0.25, 0.3) is 0 Å². The molecule has 0 unspecified atom stereocenters. The first kappa shape index (κ1) is 17.4. The molecule has 0 spiro atoms. The highest BCUT2D eigenvalue weighted by atomic mass is 16.5. The van der Waals surface area contributed by atoms with E-state index in [9.17, 15) is 9.90 Å². The third-order valence-corrected chi connectivity index (χ3v) is 4.90. The normalized spacial score (nSPS) is 15.9. The molecule has 1 aliphatic heterocycles. The Morgan fingerprint density at radius 2 is 1.92 bits per heavy atom. The Morgan fingerprint density at radius 1 is 1.20 bits per heavy atom. The minimum atomic E-state index is -0.836. The van der Waals surface area contributed by atoms with Crippen LogP contribution in [0.3, 0.4) is 0 Å². The van der Waals surface area contributed by atoms with Crippen molar-refractivity contribution in [1.82, 2.24) is 9.88 Å². The molecule has 2 aromatic rings. The Balaban J connectivity index is 1.57. The van der Waals surface area contributed by atoms with Gasteiger partial charge in [-0.25, -0.2) is 9.78 Å². The molecule has 1 aromatic heterocycles. The number of piperidine rings is 1. The van der Waals surface area contributed by atoms with E-state index in [1.165, 1.54) is 0 Å². The number of hydrogen-bond acceptors (Lipinski definition) is 4. The van der Waals surface area contributed by atoms with Crippen molar-refractivity contribution < 1.29 is 14.6 Å². The summed E-state index contributed by atoms with van der Waals surface area (Å²) in [5, 5.41) is 9.32. The zero-order valence-corrected chi connectivity index (χ0v) is 14.5. The number of ether oxygens (including phenoxy) is 1. The van der Waals surface area contributed by atoms with Crippen molar-refractivity contribution in [2.24, 2.45) is 5.92 Å². The van der Waals surface area contributed by atoms with Crippen molar-refractivity contribution in [2.75, 3.05) is 20.2 Å². The van der Waals surface area contributed by atoms with Crippen LogP contribution in [0.4, 0.5) is 0 Å². The standard InChI is InChI=1S/C20H24N2O3/c1-25-19-17(6-4-10-21-19)14-22-11-8-15(9-12-22)13-16-5-2-3-7-18(16)20(23)24/h2-7,10,15H,8-9,11-14H2,1H3,(H,23,24). The SMILES string of the molecule is COc1ncccc1CN1CCC(Cc2ccccc2C(=O)O)CC1. The second-order valence-corrected chi connectivity index (χ2v) is 6.56. The number of pyridine rings is 1. The highest BCUT2D eigenvalue weighted by Gasteiger charge is 2.22. The van der Waals surface area contributed by atoms with E-state index in [4.69, 9.17) is 4.74 Å². The van der Waals surface area contributed by atoms with Crippen molar-refractivity contribution in [2.45, 2.75) is 25.8 Å². The number of hydrogen-bond donors (Lipinski definition) is 1. The molecule has 1 N–H and O–H groups in total. The van der Waals surface area contributed by atoms with Gasteiger partial charge in [0.2, 0.25) is 5.88 Å². The van der Waals surface area contributed by atoms with Crippen molar-refractivity contribution >= 4 is 5.97 Å². The third kappa shape index (κ3) is 4.37. The zero-order chi connectivity index (χ0) is 17.6. The molecule has 0 atom stereocenters. The number of carboxylic acid groups (broad SMARTS) is 1. The van der Waals surface area contributed by atoms with Gasteiger partial charge in [0.05, 0.1) is 12.7 Å². The van der Waals surface area contributed by atoms with Crippen molar-refractivity contribution in [3.8, 4) is 5.88 Å². The minimum Gasteiger partial charge on any atom is -0.481 e. The Morgan fingerprint density at radius 3 is 2.64 bits per heavy atom. The van der Waals surface area contributed by atoms with E-state index in [0.717, 1.165) is 50.0 Å². The summed E-state index contributed by atoms with van der Waals surface area (Å²) < 4.78 is 5.33. The van der Waals surface area contributed by atoms with Gasteiger partial charge in [-0.05, 0) is 56.0 Å². The van der Waals surface area contributed by atoms with Crippen LogP contribution in [-0.2, 0) is 13.0 Å². The maximum absolute atomic E-state index is 11.4. The molecule has 1 aromatic carbocycles. The van der Waals surface area contributed by atoms with Gasteiger partial charge < -0.3 is 9.84 Å². The quantitative estimate of drug-likeness (QED) is 0.875. The van der Waals surface area contributed by atoms with E-state index in [2.05, 4.69) is 16.0 Å². The van der Waals surface area contributed by atoms with Crippen molar-refractivity contribution in [3.63, 3.8) is 0 Å². The lowest BCUT2D eigenvalue weighted by Gasteiger charge is -2.32. The van der Waals surface area contributed by atoms with Crippen LogP contribution >= 0.6 is 0 Å². The van der Waals surface area contributed by atoms with E-state index in [1.54, 1.807) is 25.4 Å². The predicted octanol–water partition coefficient (Wildman–Crippen LogP) is 3.24. The van der Waals surface area contributed by atoms with E-state index in [0.29, 0.717) is 17.4 Å². The fourth-order valence-electron chi connectivity index (χ4n) is 3.54. The number of aromatic nitrogens is 1. The Bertz CT molecular complexity index is 724. The summed E-state index contributed by atoms with van der Waals surface area (Å²) in [5.41, 5.74) is 2.49. The predicted molar refractivity (Wildman–Crippen MR) is 95.9 cm³/mol. The summed E-state index contributed by atoms with van der Waals surface area (Å²) in [6.45, 7) is 2.87. The molecule has 1 fully saturated rings. The van der Waals surface area contributed by atoms with Gasteiger partial charge >= 0.3 is 5.97 Å². The van der Waals surface area contributed by atoms with Crippen LogP contribution in [-0.4, -0.2) is 41.2 Å². The average molecular weight is 340 g/mol. The van der Waals surface area contributed by atoms with E-state index >= 15 is 0 Å². The molecule has 5 heteroatoms. The Kier molecular flexibility index (Phi) is 5.66. The van der Waals surface area contributed by atoms with Gasteiger partial charge in [0, 0.05) is 18.3 Å². The molecule has 132 valence electrons. The summed E-state index contributed by atoms with van der Waals surface area (Å²) in [5.74, 6) is 0.393. The largest absolute Gasteiger partial charge is 0.481 e. The highest BCUT2D eigenvalue weighted by molar-refractivity contribution is 5.89. The first-order valence-electron chi connectivity index (χ1n) is 8.69. The Labute approximate surface area is 148 Å². The van der Waals surface area contributed by atoms with Gasteiger partial charge in [-0.15, -0.1) is 0 Å². The lowest BCUT2D eigenvalue weighted by atomic mass is 9.88. The number of carbonyl (C=O) groups is 1. The minimum absolute atomic E-state index is 0.435. The zero-order valence-electron chi connectivity index (χ0n) is 14.5. The number of aromatic carboxylic acids is 1. The van der Waals surface area contributed by atoms with E-state index in [-0.39, 0.29) is 0 Å². The molecule has 1 aliphatic rings. The molecule has 2 heterocycles. The smallest absolute Gasteiger partial charge is 0.335 e. The summed E-state index contributed by atoms with van der Waals surface area (Å²) in [7, 11) is 1.65. The Hall–Kier alpha value is -2.40. The lowest BCUT2D eigenvalue weighted by molar-refractivity contribution is 0.0695. The van der Waals surface area contributed by atoms with Gasteiger partial charge in [0.25, 0.3) is 0 Å². The van der Waals surface area contributed by atoms with Gasteiger partial charge in [0.15, 0.2) is 0 Å². The van der Waals surface area contributed by atoms with E-state index < -0.39 is 5.97 Å². The monoisotopic (exact) mass is 340 g/mol. The number of rotatable bonds is 6. The molecular weight excluding hydrogens is 316 g/mol. The number of benzene rings is 1. The molecule has 1 saturated heterocycles. The molecular formula is C20H24N2O3. The van der Waals surface area contributed by atoms with Crippen LogP contribution in [0.2, 0.25) is 0 Å². The number of likely N-dealkylation sites (tertiary alicyclic amines) is 1. The topological polar surface area (TPSA) is 62.7 Å². The van der Waals surface area contributed by atoms with Gasteiger partial charge in [-0.1, -0.05) is 24.3 Å². The summed E-state index contributed by atoms with van der Waals surface area (Å²) in [6, 6.07) is 11.3. The van der Waals surface area contributed by atoms with Crippen LogP contribution in [0.5, 0.6) is 5.88 Å². The molecule has 5 nitrogen and oxygen atoms in total. The number of carboxylic acids is 1. The molecule has 0 amide bonds. The van der Waals surface area contributed by atoms with E-state index in [1.807, 2.05) is 18.2 Å². The maximum Gasteiger partial charge on any atom is 0.335 e. The highest BCUT2D eigenvalue weighted by Crippen LogP contribution is 2.25. The molecule has 0 bridgehead atoms. The third-order valence-electron chi connectivity index (χ3n) is 4.90. The summed E-state index contributed by atoms with van der Waals surface area (Å²) in [4.78, 5) is 18.0. The molecule has 25 heavy (non-hydrogen) atoms. The molecule has 0 radical (unpaired) electrons. The number of methoxy groups -OCH3 is 1. The van der Waals surface area contributed by atoms with Gasteiger partial charge in [0.1, 0.15) is 0 Å². The number of nitrogens with zero attached hydrogens (tertiary/aromatic N) is 2. The molecule has 3 rings (SSSR count). The molecule has 0 saturated carbocycles. The van der Waals surface area contributed by atoms with Crippen LogP contribution in [0, 0.1) is 5.92 Å². The maximum atomic E-state index is 11.4. The van der Waals surface area contributed by atoms with Gasteiger partial charge in [-0.2, -0.15) is 0 Å². The average Bonchev–Trinajstić information content (AvgIpc) is 2.64. The van der Waals surface area contributed by atoms with Crippen LogP contribution < -0.4 is 4.74 Å². The fourth-order valence-corrected chi connectivity index (χ4v) is 3.54.